The summed E-state index contributed by atoms with van der Waals surface area (Å²) in [6, 6.07) is 5.39. The van der Waals surface area contributed by atoms with E-state index in [-0.39, 0.29) is 18.4 Å². The summed E-state index contributed by atoms with van der Waals surface area (Å²) in [4.78, 5) is 23.0. The van der Waals surface area contributed by atoms with Gasteiger partial charge in [-0.1, -0.05) is 6.07 Å². The number of methoxy groups -OCH3 is 1. The summed E-state index contributed by atoms with van der Waals surface area (Å²) in [5, 5.41) is 7.28. The molecule has 1 aliphatic heterocycles. The smallest absolute Gasteiger partial charge is 0.255 e. The van der Waals surface area contributed by atoms with Gasteiger partial charge in [0.15, 0.2) is 18.1 Å². The van der Waals surface area contributed by atoms with E-state index in [0.717, 1.165) is 16.8 Å². The van der Waals surface area contributed by atoms with Crippen molar-refractivity contribution >= 4 is 17.6 Å². The van der Waals surface area contributed by atoms with Gasteiger partial charge < -0.3 is 20.5 Å². The first-order chi connectivity index (χ1) is 11.9. The molecule has 0 saturated heterocycles. The van der Waals surface area contributed by atoms with Gasteiger partial charge >= 0.3 is 0 Å². The van der Waals surface area contributed by atoms with Crippen LogP contribution in [0.5, 0.6) is 11.5 Å². The van der Waals surface area contributed by atoms with Gasteiger partial charge in [0.2, 0.25) is 5.91 Å². The zero-order valence-electron chi connectivity index (χ0n) is 14.3. The Labute approximate surface area is 144 Å². The maximum Gasteiger partial charge on any atom is 0.255 e. The number of carbonyl (C=O) groups is 2. The van der Waals surface area contributed by atoms with Crippen molar-refractivity contribution in [3.05, 3.63) is 35.0 Å². The van der Waals surface area contributed by atoms with E-state index in [4.69, 9.17) is 15.2 Å². The topological polar surface area (TPSA) is 108 Å². The lowest BCUT2D eigenvalue weighted by Gasteiger charge is -2.24. The molecule has 1 aromatic carbocycles. The minimum Gasteiger partial charge on any atom is -0.493 e. The monoisotopic (exact) mass is 344 g/mol. The number of benzene rings is 1. The lowest BCUT2D eigenvalue weighted by molar-refractivity contribution is -0.120. The normalized spacial score (nSPS) is 16.1. The van der Waals surface area contributed by atoms with Gasteiger partial charge in [0.1, 0.15) is 5.82 Å². The minimum atomic E-state index is -0.564. The van der Waals surface area contributed by atoms with Crippen LogP contribution in [0.1, 0.15) is 29.2 Å². The Morgan fingerprint density at radius 1 is 1.44 bits per heavy atom. The van der Waals surface area contributed by atoms with Crippen LogP contribution in [0.4, 0.5) is 5.82 Å². The number of amides is 2. The van der Waals surface area contributed by atoms with Gasteiger partial charge in [-0.25, -0.2) is 0 Å². The lowest BCUT2D eigenvalue weighted by atomic mass is 9.85. The maximum atomic E-state index is 12.1. The number of fused-ring (bicyclic) bond motifs is 1. The molecule has 8 nitrogen and oxygen atoms in total. The number of primary amides is 1. The molecule has 1 aliphatic rings. The number of aromatic nitrogens is 2. The summed E-state index contributed by atoms with van der Waals surface area (Å²) in [5.41, 5.74) is 7.89. The third kappa shape index (κ3) is 3.15. The van der Waals surface area contributed by atoms with Crippen LogP contribution in [-0.2, 0) is 16.6 Å². The van der Waals surface area contributed by atoms with Crippen LogP contribution in [0.15, 0.2) is 18.2 Å². The molecule has 1 aromatic heterocycles. The number of nitrogens with zero attached hydrogens (tertiary/aromatic N) is 2. The van der Waals surface area contributed by atoms with Gasteiger partial charge in [0.25, 0.3) is 5.91 Å². The second-order valence-corrected chi connectivity index (χ2v) is 5.94. The summed E-state index contributed by atoms with van der Waals surface area (Å²) in [7, 11) is 3.32. The molecule has 8 heteroatoms. The van der Waals surface area contributed by atoms with E-state index in [1.54, 1.807) is 17.8 Å². The highest BCUT2D eigenvalue weighted by atomic mass is 16.5. The van der Waals surface area contributed by atoms with Crippen LogP contribution < -0.4 is 20.5 Å². The molecule has 3 N–H and O–H groups in total. The van der Waals surface area contributed by atoms with E-state index >= 15 is 0 Å². The average Bonchev–Trinajstić information content (AvgIpc) is 2.86. The highest BCUT2D eigenvalue weighted by Crippen LogP contribution is 2.41. The predicted molar refractivity (Wildman–Crippen MR) is 90.7 cm³/mol. The number of rotatable bonds is 5. The first-order valence-electron chi connectivity index (χ1n) is 7.83. The van der Waals surface area contributed by atoms with Crippen molar-refractivity contribution in [3.8, 4) is 11.5 Å². The molecule has 0 saturated carbocycles. The van der Waals surface area contributed by atoms with Crippen LogP contribution in [0.3, 0.4) is 0 Å². The van der Waals surface area contributed by atoms with Gasteiger partial charge in [-0.15, -0.1) is 0 Å². The Morgan fingerprint density at radius 2 is 2.20 bits per heavy atom. The van der Waals surface area contributed by atoms with Crippen molar-refractivity contribution in [2.75, 3.05) is 19.0 Å². The molecule has 0 bridgehead atoms. The lowest BCUT2D eigenvalue weighted by Crippen LogP contribution is -2.24. The average molecular weight is 344 g/mol. The number of carbonyl (C=O) groups excluding carboxylic acids is 2. The summed E-state index contributed by atoms with van der Waals surface area (Å²) in [6.45, 7) is 1.69. The van der Waals surface area contributed by atoms with Crippen molar-refractivity contribution in [1.82, 2.24) is 9.78 Å². The van der Waals surface area contributed by atoms with E-state index in [2.05, 4.69) is 10.4 Å². The number of hydrogen-bond acceptors (Lipinski definition) is 5. The third-order valence-corrected chi connectivity index (χ3v) is 4.22. The first kappa shape index (κ1) is 16.8. The van der Waals surface area contributed by atoms with E-state index in [1.165, 1.54) is 7.11 Å². The Morgan fingerprint density at radius 3 is 2.88 bits per heavy atom. The molecule has 25 heavy (non-hydrogen) atoms. The van der Waals surface area contributed by atoms with Crippen LogP contribution in [0.25, 0.3) is 0 Å². The standard InChI is InChI=1S/C17H20N4O4/c1-9-16-11(7-15(23)19-17(16)21(2)20-9)10-4-5-12(13(6-10)24-3)25-8-14(18)22/h4-6,11H,7-8H2,1-3H3,(H2,18,22)(H,19,23). The van der Waals surface area contributed by atoms with Gasteiger partial charge in [0, 0.05) is 24.9 Å². The molecule has 2 heterocycles. The number of hydrogen-bond donors (Lipinski definition) is 2. The highest BCUT2D eigenvalue weighted by molar-refractivity contribution is 5.94. The second kappa shape index (κ2) is 6.46. The number of nitrogens with two attached hydrogens (primary N) is 1. The van der Waals surface area contributed by atoms with Crippen LogP contribution in [-0.4, -0.2) is 35.3 Å². The minimum absolute atomic E-state index is 0.0616. The summed E-state index contributed by atoms with van der Waals surface area (Å²) < 4.78 is 12.4. The quantitative estimate of drug-likeness (QED) is 0.843. The highest BCUT2D eigenvalue weighted by Gasteiger charge is 2.32. The number of nitrogens with one attached hydrogen (secondary N) is 1. The largest absolute Gasteiger partial charge is 0.493 e. The van der Waals surface area contributed by atoms with Crippen molar-refractivity contribution < 1.29 is 19.1 Å². The fourth-order valence-corrected chi connectivity index (χ4v) is 3.16. The molecule has 3 rings (SSSR count). The molecule has 2 aromatic rings. The summed E-state index contributed by atoms with van der Waals surface area (Å²) in [5.74, 6) is 0.865. The van der Waals surface area contributed by atoms with E-state index < -0.39 is 5.91 Å². The molecule has 0 aliphatic carbocycles. The maximum absolute atomic E-state index is 12.1. The summed E-state index contributed by atoms with van der Waals surface area (Å²) in [6.07, 6.45) is 0.324. The molecule has 0 radical (unpaired) electrons. The van der Waals surface area contributed by atoms with Gasteiger partial charge in [-0.3, -0.25) is 14.3 Å². The zero-order chi connectivity index (χ0) is 18.1. The van der Waals surface area contributed by atoms with Crippen LogP contribution in [0, 0.1) is 6.92 Å². The van der Waals surface area contributed by atoms with Crippen molar-refractivity contribution in [2.24, 2.45) is 12.8 Å². The fraction of sp³-hybridized carbons (Fsp3) is 0.353. The SMILES string of the molecule is COc1cc(C2CC(=O)Nc3c2c(C)nn3C)ccc1OCC(N)=O. The molecule has 0 fully saturated rings. The van der Waals surface area contributed by atoms with Gasteiger partial charge in [-0.2, -0.15) is 5.10 Å². The first-order valence-corrected chi connectivity index (χ1v) is 7.83. The molecule has 2 amide bonds. The van der Waals surface area contributed by atoms with E-state index in [9.17, 15) is 9.59 Å². The van der Waals surface area contributed by atoms with Crippen molar-refractivity contribution in [2.45, 2.75) is 19.3 Å². The van der Waals surface area contributed by atoms with Gasteiger partial charge in [0.05, 0.1) is 12.8 Å². The Bertz CT molecular complexity index is 843. The number of ether oxygens (including phenoxy) is 2. The van der Waals surface area contributed by atoms with Crippen molar-refractivity contribution in [1.29, 1.82) is 0 Å². The predicted octanol–water partition coefficient (Wildman–Crippen LogP) is 1.08. The zero-order valence-corrected chi connectivity index (χ0v) is 14.3. The van der Waals surface area contributed by atoms with Crippen LogP contribution >= 0.6 is 0 Å². The van der Waals surface area contributed by atoms with Crippen LogP contribution in [0.2, 0.25) is 0 Å². The molecule has 1 unspecified atom stereocenters. The Kier molecular flexibility index (Phi) is 4.35. The van der Waals surface area contributed by atoms with Gasteiger partial charge in [-0.05, 0) is 24.6 Å². The van der Waals surface area contributed by atoms with Crippen molar-refractivity contribution in [3.63, 3.8) is 0 Å². The molecular weight excluding hydrogens is 324 g/mol. The second-order valence-electron chi connectivity index (χ2n) is 5.94. The molecule has 132 valence electrons. The summed E-state index contributed by atoms with van der Waals surface area (Å²) >= 11 is 0. The number of aryl methyl sites for hydroxylation is 2. The molecule has 0 spiro atoms. The fourth-order valence-electron chi connectivity index (χ4n) is 3.16. The third-order valence-electron chi connectivity index (χ3n) is 4.22. The van der Waals surface area contributed by atoms with E-state index in [1.807, 2.05) is 19.1 Å². The molecular formula is C17H20N4O4. The number of anilines is 1. The Balaban J connectivity index is 2.00. The Hall–Kier alpha value is -3.03. The molecule has 1 atom stereocenters. The van der Waals surface area contributed by atoms with E-state index in [0.29, 0.717) is 23.7 Å².